The number of carboxylic acid groups (broad SMARTS) is 1. The molecule has 1 aromatic rings. The van der Waals surface area contributed by atoms with Crippen molar-refractivity contribution in [3.05, 3.63) is 29.8 Å². The molecule has 0 saturated carbocycles. The fourth-order valence-electron chi connectivity index (χ4n) is 10.8. The maximum atomic E-state index is 14.4. The molecule has 33 nitrogen and oxygen atoms in total. The van der Waals surface area contributed by atoms with E-state index in [1.807, 2.05) is 0 Å². The summed E-state index contributed by atoms with van der Waals surface area (Å²) in [6, 6.07) is -11.3. The minimum absolute atomic E-state index is 0.0620. The highest BCUT2D eigenvalue weighted by molar-refractivity contribution is 6.00. The number of nitrogens with two attached hydrogens (primary N) is 5. The van der Waals surface area contributed by atoms with Gasteiger partial charge in [0.25, 0.3) is 0 Å². The van der Waals surface area contributed by atoms with Crippen molar-refractivity contribution in [1.82, 2.24) is 63.8 Å². The number of phenols is 1. The van der Waals surface area contributed by atoms with E-state index in [4.69, 9.17) is 28.7 Å². The first-order chi connectivity index (χ1) is 48.3. The molecule has 0 bridgehead atoms. The molecule has 103 heavy (non-hydrogen) atoms. The molecule has 33 heteroatoms. The Morgan fingerprint density at radius 3 is 1.00 bits per heavy atom. The molecule has 0 radical (unpaired) electrons. The molecule has 0 heterocycles. The van der Waals surface area contributed by atoms with Gasteiger partial charge in [-0.25, -0.2) is 4.79 Å². The largest absolute Gasteiger partial charge is 0.508 e. The molecule has 0 aliphatic heterocycles. The van der Waals surface area contributed by atoms with Crippen LogP contribution >= 0.6 is 0 Å². The number of aromatic hydroxyl groups is 1. The summed E-state index contributed by atoms with van der Waals surface area (Å²) < 4.78 is 0. The molecule has 1 aromatic carbocycles. The number of carboxylic acids is 1. The van der Waals surface area contributed by atoms with Crippen molar-refractivity contribution < 1.29 is 77.6 Å². The first kappa shape index (κ1) is 92.9. The number of aliphatic hydroxyl groups is 1. The van der Waals surface area contributed by atoms with Crippen molar-refractivity contribution in [2.24, 2.45) is 58.3 Å². The summed E-state index contributed by atoms with van der Waals surface area (Å²) in [6.45, 7) is 21.9. The molecular weight excluding hydrogens is 1330 g/mol. The van der Waals surface area contributed by atoms with Gasteiger partial charge in [0.05, 0.1) is 12.1 Å². The number of aliphatic hydroxyl groups excluding tert-OH is 1. The van der Waals surface area contributed by atoms with Crippen LogP contribution in [0.25, 0.3) is 0 Å². The lowest BCUT2D eigenvalue weighted by molar-refractivity contribution is -0.143. The van der Waals surface area contributed by atoms with Crippen LogP contribution < -0.4 is 92.5 Å². The minimum atomic E-state index is -1.77. The van der Waals surface area contributed by atoms with Gasteiger partial charge in [-0.1, -0.05) is 87.8 Å². The van der Waals surface area contributed by atoms with Gasteiger partial charge in [-0.2, -0.15) is 0 Å². The van der Waals surface area contributed by atoms with Crippen LogP contribution in [0.3, 0.4) is 0 Å². The first-order valence-electron chi connectivity index (χ1n) is 36.2. The lowest BCUT2D eigenvalue weighted by atomic mass is 9.98. The van der Waals surface area contributed by atoms with Crippen molar-refractivity contribution in [3.63, 3.8) is 0 Å². The lowest BCUT2D eigenvalue weighted by Crippen LogP contribution is -2.62. The third-order valence-electron chi connectivity index (χ3n) is 17.0. The Hall–Kier alpha value is -8.11. The van der Waals surface area contributed by atoms with Crippen molar-refractivity contribution in [3.8, 4) is 5.75 Å². The molecule has 0 aromatic heterocycles. The third kappa shape index (κ3) is 35.3. The van der Waals surface area contributed by atoms with Gasteiger partial charge in [-0.15, -0.1) is 0 Å². The Labute approximate surface area is 607 Å². The number of carbonyl (C=O) groups excluding carboxylic acids is 12. The van der Waals surface area contributed by atoms with E-state index in [1.54, 1.807) is 69.2 Å². The van der Waals surface area contributed by atoms with Crippen LogP contribution in [-0.4, -0.2) is 203 Å². The van der Waals surface area contributed by atoms with E-state index in [0.29, 0.717) is 83.0 Å². The second-order valence-electron chi connectivity index (χ2n) is 28.5. The van der Waals surface area contributed by atoms with Crippen LogP contribution in [0.5, 0.6) is 5.75 Å². The monoisotopic (exact) mass is 1460 g/mol. The van der Waals surface area contributed by atoms with Crippen molar-refractivity contribution in [1.29, 1.82) is 0 Å². The first-order valence-corrected chi connectivity index (χ1v) is 36.2. The maximum absolute atomic E-state index is 14.4. The number of unbranched alkanes of at least 4 members (excludes halogenated alkanes) is 4. The van der Waals surface area contributed by atoms with E-state index >= 15 is 0 Å². The minimum Gasteiger partial charge on any atom is -0.508 e. The molecule has 0 unspecified atom stereocenters. The Bertz CT molecular complexity index is 2860. The number of carbonyl (C=O) groups is 13. The number of rotatable bonds is 51. The van der Waals surface area contributed by atoms with Crippen LogP contribution in [0, 0.1) is 29.6 Å². The molecule has 586 valence electrons. The smallest absolute Gasteiger partial charge is 0.326 e. The molecule has 0 spiro atoms. The predicted octanol–water partition coefficient (Wildman–Crippen LogP) is -1.84. The maximum Gasteiger partial charge on any atom is 0.326 e. The second-order valence-corrected chi connectivity index (χ2v) is 28.5. The van der Waals surface area contributed by atoms with Gasteiger partial charge >= 0.3 is 5.97 Å². The van der Waals surface area contributed by atoms with E-state index in [2.05, 4.69) is 63.8 Å². The Kier molecular flexibility index (Phi) is 44.0. The Balaban J connectivity index is 3.42. The standard InChI is InChI=1S/C70H125N17O16/c1-37(2)34-51(81-63(95)50(25-17-21-33-74)80-62(94)49(24-16-20-32-73)79-61(93)48(23-15-19-31-72)78-60(92)47(75)22-14-18-30-71)64(96)84-54(39(5)6)67(99)77-42(11)58(90)76-43(12)59(91)87-57(44(13)88)69(101)83-53(36-45-26-28-46(89)29-27-45)66(98)85-55(40(7)8)68(100)82-52(35-38(3)4)65(97)86-56(41(9)10)70(102)103/h26-29,37-44,47-57,88-89H,14-25,30-36,71-75H2,1-13H3,(H,76,90)(H,77,99)(H,78,92)(H,79,93)(H,80,94)(H,81,95)(H,82,100)(H,83,101)(H,84,96)(H,85,98)(H,86,97)(H,87,91)(H,102,103)/t42-,43-,44+,47-,48-,49-,50-,51-,52-,53-,54-,55-,56-,57-/m0/s1. The van der Waals surface area contributed by atoms with Crippen molar-refractivity contribution >= 4 is 76.9 Å². The summed E-state index contributed by atoms with van der Waals surface area (Å²) in [7, 11) is 0. The molecule has 1 rings (SSSR count). The fourth-order valence-corrected chi connectivity index (χ4v) is 10.8. The van der Waals surface area contributed by atoms with Gasteiger partial charge in [0.2, 0.25) is 70.9 Å². The zero-order valence-corrected chi connectivity index (χ0v) is 62.7. The zero-order chi connectivity index (χ0) is 78.4. The molecule has 0 aliphatic carbocycles. The third-order valence-corrected chi connectivity index (χ3v) is 17.0. The Morgan fingerprint density at radius 1 is 0.340 bits per heavy atom. The van der Waals surface area contributed by atoms with Crippen molar-refractivity contribution in [2.45, 2.75) is 271 Å². The number of hydrogen-bond acceptors (Lipinski definition) is 20. The van der Waals surface area contributed by atoms with Crippen LogP contribution in [0.2, 0.25) is 0 Å². The average Bonchev–Trinajstić information content (AvgIpc) is 0.849. The van der Waals surface area contributed by atoms with Crippen LogP contribution in [0.15, 0.2) is 24.3 Å². The number of phenolic OH excluding ortho intramolecular Hbond substituents is 1. The molecule has 0 saturated heterocycles. The molecule has 0 fully saturated rings. The Morgan fingerprint density at radius 2 is 0.631 bits per heavy atom. The summed E-state index contributed by atoms with van der Waals surface area (Å²) in [5.74, 6) is -13.2. The number of aliphatic carboxylic acids is 1. The summed E-state index contributed by atoms with van der Waals surface area (Å²) in [5, 5.41) is 62.1. The van der Waals surface area contributed by atoms with Crippen LogP contribution in [-0.2, 0) is 68.7 Å². The average molecular weight is 1460 g/mol. The van der Waals surface area contributed by atoms with Gasteiger partial charge in [0.1, 0.15) is 78.3 Å². The van der Waals surface area contributed by atoms with Gasteiger partial charge in [0.15, 0.2) is 0 Å². The van der Waals surface area contributed by atoms with E-state index in [-0.39, 0.29) is 62.7 Å². The lowest BCUT2D eigenvalue weighted by Gasteiger charge is -2.30. The van der Waals surface area contributed by atoms with E-state index in [9.17, 15) is 77.6 Å². The van der Waals surface area contributed by atoms with E-state index < -0.39 is 179 Å². The molecule has 25 N–H and O–H groups in total. The van der Waals surface area contributed by atoms with Crippen molar-refractivity contribution in [2.75, 3.05) is 26.2 Å². The van der Waals surface area contributed by atoms with Gasteiger partial charge in [-0.3, -0.25) is 57.5 Å². The number of nitrogens with one attached hydrogen (secondary N) is 12. The SMILES string of the molecule is CC(C)C[C@H](NC(=O)[C@H](CCCCN)NC(=O)[C@H](CCCCN)NC(=O)[C@H](CCCCN)NC(=O)[C@@H](N)CCCCN)C(=O)N[C@H](C(=O)N[C@@H](C)C(=O)N[C@@H](C)C(=O)N[C@H](C(=O)N[C@@H](Cc1ccc(O)cc1)C(=O)N[C@H](C(=O)N[C@@H](CC(C)C)C(=O)N[C@H](C(=O)O)C(C)C)C(C)C)[C@@H](C)O)C(C)C. The quantitative estimate of drug-likeness (QED) is 0.0319. The summed E-state index contributed by atoms with van der Waals surface area (Å²) in [5.41, 5.74) is 29.5. The normalized spacial score (nSPS) is 15.6. The van der Waals surface area contributed by atoms with Gasteiger partial charge < -0.3 is 108 Å². The van der Waals surface area contributed by atoms with E-state index in [1.165, 1.54) is 45.0 Å². The fraction of sp³-hybridized carbons (Fsp3) is 0.729. The van der Waals surface area contributed by atoms with Gasteiger partial charge in [0, 0.05) is 6.42 Å². The van der Waals surface area contributed by atoms with Crippen LogP contribution in [0.4, 0.5) is 0 Å². The van der Waals surface area contributed by atoms with Crippen LogP contribution in [0.1, 0.15) is 185 Å². The number of benzene rings is 1. The van der Waals surface area contributed by atoms with E-state index in [0.717, 1.165) is 0 Å². The van der Waals surface area contributed by atoms with Gasteiger partial charge in [-0.05, 0) is 178 Å². The highest BCUT2D eigenvalue weighted by Gasteiger charge is 2.39. The summed E-state index contributed by atoms with van der Waals surface area (Å²) >= 11 is 0. The number of amides is 12. The summed E-state index contributed by atoms with van der Waals surface area (Å²) in [4.78, 5) is 180. The molecule has 0 aliphatic rings. The summed E-state index contributed by atoms with van der Waals surface area (Å²) in [6.07, 6.45) is 3.01. The molecule has 14 atom stereocenters. The highest BCUT2D eigenvalue weighted by Crippen LogP contribution is 2.17. The molecule has 12 amide bonds. The zero-order valence-electron chi connectivity index (χ0n) is 62.7. The topological polar surface area (TPSA) is 557 Å². The molecular formula is C70H125N17O16. The highest BCUT2D eigenvalue weighted by atomic mass is 16.4. The predicted molar refractivity (Wildman–Crippen MR) is 389 cm³/mol. The second kappa shape index (κ2) is 48.8. The number of hydrogen-bond donors (Lipinski definition) is 20.